The summed E-state index contributed by atoms with van der Waals surface area (Å²) in [6, 6.07) is 3.80. The van der Waals surface area contributed by atoms with E-state index in [0.717, 1.165) is 61.6 Å². The van der Waals surface area contributed by atoms with Crippen molar-refractivity contribution in [2.24, 2.45) is 5.41 Å². The Bertz CT molecular complexity index is 683. The third-order valence-corrected chi connectivity index (χ3v) is 6.53. The number of morpholine rings is 2. The normalized spacial score (nSPS) is 23.7. The van der Waals surface area contributed by atoms with Crippen molar-refractivity contribution in [3.63, 3.8) is 0 Å². The molecule has 0 radical (unpaired) electrons. The van der Waals surface area contributed by atoms with Crippen LogP contribution in [0, 0.1) is 5.41 Å². The summed E-state index contributed by atoms with van der Waals surface area (Å²) < 4.78 is 18.8. The van der Waals surface area contributed by atoms with E-state index in [2.05, 4.69) is 41.7 Å². The second-order valence-corrected chi connectivity index (χ2v) is 9.21. The van der Waals surface area contributed by atoms with Crippen LogP contribution in [0.25, 0.3) is 0 Å². The van der Waals surface area contributed by atoms with Gasteiger partial charge in [-0.2, -0.15) is 0 Å². The number of carbonyl (C=O) groups excluding carboxylic acids is 1. The number of Topliss-reactive ketones (excluding diaryl/α,β-unsaturated/α-hetero) is 1. The average molecular weight is 504 g/mol. The molecule has 4 rings (SSSR count). The van der Waals surface area contributed by atoms with E-state index in [9.17, 15) is 4.79 Å². The molecular formula is C19H24Br2N2O4. The summed E-state index contributed by atoms with van der Waals surface area (Å²) >= 11 is 7.05. The molecule has 0 N–H and O–H groups in total. The van der Waals surface area contributed by atoms with Crippen LogP contribution < -0.4 is 4.74 Å². The molecule has 0 atom stereocenters. The van der Waals surface area contributed by atoms with Crippen molar-refractivity contribution in [1.29, 1.82) is 0 Å². The molecule has 6 nitrogen and oxygen atoms in total. The highest BCUT2D eigenvalue weighted by atomic mass is 79.9. The Morgan fingerprint density at radius 2 is 1.48 bits per heavy atom. The van der Waals surface area contributed by atoms with Gasteiger partial charge in [-0.05, 0) is 28.1 Å². The summed E-state index contributed by atoms with van der Waals surface area (Å²) in [4.78, 5) is 18.4. The molecule has 3 aliphatic rings. The number of halogens is 2. The van der Waals surface area contributed by atoms with E-state index in [0.29, 0.717) is 31.0 Å². The highest BCUT2D eigenvalue weighted by molar-refractivity contribution is 9.11. The van der Waals surface area contributed by atoms with E-state index >= 15 is 0 Å². The number of ketones is 1. The Morgan fingerprint density at radius 1 is 0.926 bits per heavy atom. The summed E-state index contributed by atoms with van der Waals surface area (Å²) in [6.45, 7) is 8.07. The van der Waals surface area contributed by atoms with Gasteiger partial charge < -0.3 is 14.2 Å². The summed E-state index contributed by atoms with van der Waals surface area (Å²) in [5.74, 6) is 0.825. The van der Waals surface area contributed by atoms with E-state index in [1.165, 1.54) is 0 Å². The Labute approximate surface area is 176 Å². The van der Waals surface area contributed by atoms with Gasteiger partial charge in [0.15, 0.2) is 5.78 Å². The number of fused-ring (bicyclic) bond motifs is 1. The maximum atomic E-state index is 13.8. The third kappa shape index (κ3) is 4.26. The Balaban J connectivity index is 1.65. The first-order valence-electron chi connectivity index (χ1n) is 9.34. The zero-order chi connectivity index (χ0) is 18.9. The first kappa shape index (κ1) is 19.8. The maximum absolute atomic E-state index is 13.8. The molecule has 0 saturated carbocycles. The molecule has 0 aromatic heterocycles. The van der Waals surface area contributed by atoms with Gasteiger partial charge in [0.2, 0.25) is 0 Å². The number of hydrogen-bond acceptors (Lipinski definition) is 6. The number of benzene rings is 1. The van der Waals surface area contributed by atoms with E-state index in [-0.39, 0.29) is 5.78 Å². The Hall–Kier alpha value is -0.510. The number of carbonyl (C=O) groups is 1. The standard InChI is InChI=1S/C19H24Br2N2O4/c20-14-9-15-17(16(21)10-14)27-13-19(18(15)24,11-22-1-5-25-6-2-22)12-23-3-7-26-8-4-23/h9-10H,1-8,11-13H2. The summed E-state index contributed by atoms with van der Waals surface area (Å²) in [5.41, 5.74) is 0.0751. The van der Waals surface area contributed by atoms with Gasteiger partial charge in [0, 0.05) is 43.7 Å². The molecule has 0 aliphatic carbocycles. The molecule has 0 amide bonds. The lowest BCUT2D eigenvalue weighted by molar-refractivity contribution is -0.0220. The van der Waals surface area contributed by atoms with Crippen LogP contribution in [0.5, 0.6) is 5.75 Å². The third-order valence-electron chi connectivity index (χ3n) is 5.49. The zero-order valence-corrected chi connectivity index (χ0v) is 18.4. The van der Waals surface area contributed by atoms with Crippen molar-refractivity contribution in [1.82, 2.24) is 9.80 Å². The quantitative estimate of drug-likeness (QED) is 0.629. The SMILES string of the molecule is O=C1c2cc(Br)cc(Br)c2OCC1(CN1CCOCC1)CN1CCOCC1. The van der Waals surface area contributed by atoms with Crippen LogP contribution in [0.4, 0.5) is 0 Å². The molecule has 8 heteroatoms. The number of nitrogens with zero attached hydrogens (tertiary/aromatic N) is 2. The van der Waals surface area contributed by atoms with Crippen molar-refractivity contribution >= 4 is 37.6 Å². The Morgan fingerprint density at radius 3 is 2.04 bits per heavy atom. The van der Waals surface area contributed by atoms with E-state index in [1.54, 1.807) is 0 Å². The van der Waals surface area contributed by atoms with Crippen molar-refractivity contribution in [3.8, 4) is 5.75 Å². The average Bonchev–Trinajstić information content (AvgIpc) is 2.67. The minimum Gasteiger partial charge on any atom is -0.490 e. The molecule has 2 fully saturated rings. The van der Waals surface area contributed by atoms with E-state index in [1.807, 2.05) is 12.1 Å². The smallest absolute Gasteiger partial charge is 0.178 e. The minimum atomic E-state index is -0.581. The van der Waals surface area contributed by atoms with Gasteiger partial charge in [0.05, 0.1) is 41.9 Å². The van der Waals surface area contributed by atoms with Gasteiger partial charge in [-0.1, -0.05) is 15.9 Å². The highest BCUT2D eigenvalue weighted by Crippen LogP contribution is 2.42. The fourth-order valence-electron chi connectivity index (χ4n) is 4.10. The molecule has 0 spiro atoms. The summed E-state index contributed by atoms with van der Waals surface area (Å²) in [7, 11) is 0. The topological polar surface area (TPSA) is 51.2 Å². The summed E-state index contributed by atoms with van der Waals surface area (Å²) in [6.07, 6.45) is 0. The molecular weight excluding hydrogens is 480 g/mol. The van der Waals surface area contributed by atoms with Crippen molar-refractivity contribution in [2.45, 2.75) is 0 Å². The number of rotatable bonds is 4. The van der Waals surface area contributed by atoms with Crippen molar-refractivity contribution in [2.75, 3.05) is 72.3 Å². The summed E-state index contributed by atoms with van der Waals surface area (Å²) in [5, 5.41) is 0. The number of hydrogen-bond donors (Lipinski definition) is 0. The molecule has 148 valence electrons. The van der Waals surface area contributed by atoms with Crippen LogP contribution in [-0.4, -0.2) is 87.9 Å². The van der Waals surface area contributed by atoms with Gasteiger partial charge in [-0.3, -0.25) is 14.6 Å². The van der Waals surface area contributed by atoms with Gasteiger partial charge in [0.25, 0.3) is 0 Å². The molecule has 3 heterocycles. The lowest BCUT2D eigenvalue weighted by Crippen LogP contribution is -2.57. The van der Waals surface area contributed by atoms with Gasteiger partial charge >= 0.3 is 0 Å². The molecule has 27 heavy (non-hydrogen) atoms. The minimum absolute atomic E-state index is 0.170. The first-order chi connectivity index (χ1) is 13.1. The van der Waals surface area contributed by atoms with Crippen LogP contribution in [0.2, 0.25) is 0 Å². The van der Waals surface area contributed by atoms with Crippen LogP contribution in [0.15, 0.2) is 21.1 Å². The lowest BCUT2D eigenvalue weighted by atomic mass is 9.77. The van der Waals surface area contributed by atoms with Gasteiger partial charge in [-0.15, -0.1) is 0 Å². The molecule has 0 bridgehead atoms. The predicted molar refractivity (Wildman–Crippen MR) is 109 cm³/mol. The molecule has 2 saturated heterocycles. The van der Waals surface area contributed by atoms with Gasteiger partial charge in [0.1, 0.15) is 12.4 Å². The second-order valence-electron chi connectivity index (χ2n) is 7.44. The van der Waals surface area contributed by atoms with E-state index < -0.39 is 5.41 Å². The van der Waals surface area contributed by atoms with Crippen LogP contribution >= 0.6 is 31.9 Å². The monoisotopic (exact) mass is 502 g/mol. The molecule has 1 aromatic rings. The van der Waals surface area contributed by atoms with Crippen LogP contribution in [-0.2, 0) is 9.47 Å². The second kappa shape index (κ2) is 8.47. The fraction of sp³-hybridized carbons (Fsp3) is 0.632. The molecule has 1 aromatic carbocycles. The molecule has 0 unspecified atom stereocenters. The van der Waals surface area contributed by atoms with Gasteiger partial charge in [-0.25, -0.2) is 0 Å². The zero-order valence-electron chi connectivity index (χ0n) is 15.2. The lowest BCUT2D eigenvalue weighted by Gasteiger charge is -2.44. The van der Waals surface area contributed by atoms with Crippen molar-refractivity contribution < 1.29 is 19.0 Å². The van der Waals surface area contributed by atoms with Crippen molar-refractivity contribution in [3.05, 3.63) is 26.6 Å². The fourth-order valence-corrected chi connectivity index (χ4v) is 5.44. The maximum Gasteiger partial charge on any atom is 0.178 e. The first-order valence-corrected chi connectivity index (χ1v) is 10.9. The largest absolute Gasteiger partial charge is 0.490 e. The highest BCUT2D eigenvalue weighted by Gasteiger charge is 2.47. The number of ether oxygens (including phenoxy) is 3. The predicted octanol–water partition coefficient (Wildman–Crippen LogP) is 2.44. The van der Waals surface area contributed by atoms with Crippen LogP contribution in [0.1, 0.15) is 10.4 Å². The van der Waals surface area contributed by atoms with E-state index in [4.69, 9.17) is 14.2 Å². The van der Waals surface area contributed by atoms with Crippen LogP contribution in [0.3, 0.4) is 0 Å². The molecule has 3 aliphatic heterocycles. The Kier molecular flexibility index (Phi) is 6.21.